The number of benzene rings is 1. The maximum atomic E-state index is 2.47. The van der Waals surface area contributed by atoms with Crippen LogP contribution in [0.25, 0.3) is 6.08 Å². The van der Waals surface area contributed by atoms with E-state index in [1.54, 1.807) is 16.7 Å². The molecule has 2 aliphatic rings. The van der Waals surface area contributed by atoms with Gasteiger partial charge in [0, 0.05) is 5.92 Å². The fourth-order valence-corrected chi connectivity index (χ4v) is 2.94. The number of allylic oxidation sites excluding steroid dienone is 1. The van der Waals surface area contributed by atoms with Gasteiger partial charge in [0.2, 0.25) is 0 Å². The topological polar surface area (TPSA) is 0 Å². The van der Waals surface area contributed by atoms with Gasteiger partial charge < -0.3 is 0 Å². The van der Waals surface area contributed by atoms with Crippen molar-refractivity contribution in [2.24, 2.45) is 0 Å². The van der Waals surface area contributed by atoms with Crippen molar-refractivity contribution in [3.63, 3.8) is 0 Å². The molecule has 1 aromatic carbocycles. The first kappa shape index (κ1) is 9.21. The minimum Gasteiger partial charge on any atom is -0.0655 e. The summed E-state index contributed by atoms with van der Waals surface area (Å²) in [4.78, 5) is 0. The third-order valence-electron chi connectivity index (χ3n) is 4.08. The number of rotatable bonds is 0. The standard InChI is InChI=1S/C15H18/c1-10-7-14-8-12-5-3-4-6-13(12)9-15(14)11(10)2/h7-9,11H,3-6H2,1-2H3. The summed E-state index contributed by atoms with van der Waals surface area (Å²) >= 11 is 0. The van der Waals surface area contributed by atoms with E-state index in [9.17, 15) is 0 Å². The van der Waals surface area contributed by atoms with E-state index in [1.807, 2.05) is 0 Å². The van der Waals surface area contributed by atoms with Crippen LogP contribution in [0.1, 0.15) is 54.9 Å². The Kier molecular flexibility index (Phi) is 1.98. The van der Waals surface area contributed by atoms with E-state index in [2.05, 4.69) is 32.1 Å². The van der Waals surface area contributed by atoms with Gasteiger partial charge >= 0.3 is 0 Å². The molecule has 2 aliphatic carbocycles. The zero-order valence-corrected chi connectivity index (χ0v) is 9.64. The van der Waals surface area contributed by atoms with Crippen molar-refractivity contribution in [1.82, 2.24) is 0 Å². The lowest BCUT2D eigenvalue weighted by Crippen LogP contribution is -2.04. The SMILES string of the molecule is CC1=Cc2cc3c(cc2C1C)CCCC3. The Hall–Kier alpha value is -1.04. The lowest BCUT2D eigenvalue weighted by atomic mass is 9.87. The number of aryl methyl sites for hydroxylation is 2. The van der Waals surface area contributed by atoms with Crippen molar-refractivity contribution >= 4 is 6.08 Å². The second-order valence-corrected chi connectivity index (χ2v) is 5.07. The predicted molar refractivity (Wildman–Crippen MR) is 65.2 cm³/mol. The molecule has 1 atom stereocenters. The van der Waals surface area contributed by atoms with Gasteiger partial charge in [-0.3, -0.25) is 0 Å². The molecular weight excluding hydrogens is 180 g/mol. The second kappa shape index (κ2) is 3.23. The van der Waals surface area contributed by atoms with E-state index in [0.717, 1.165) is 0 Å². The van der Waals surface area contributed by atoms with Crippen molar-refractivity contribution in [2.45, 2.75) is 45.4 Å². The van der Waals surface area contributed by atoms with E-state index in [4.69, 9.17) is 0 Å². The van der Waals surface area contributed by atoms with Gasteiger partial charge in [-0.1, -0.05) is 30.7 Å². The van der Waals surface area contributed by atoms with Gasteiger partial charge in [0.1, 0.15) is 0 Å². The summed E-state index contributed by atoms with van der Waals surface area (Å²) in [6.45, 7) is 4.58. The summed E-state index contributed by atoms with van der Waals surface area (Å²) in [5.74, 6) is 0.646. The van der Waals surface area contributed by atoms with Gasteiger partial charge in [0.05, 0.1) is 0 Å². The van der Waals surface area contributed by atoms with Crippen molar-refractivity contribution < 1.29 is 0 Å². The van der Waals surface area contributed by atoms with Crippen LogP contribution < -0.4 is 0 Å². The fourth-order valence-electron chi connectivity index (χ4n) is 2.94. The molecule has 0 radical (unpaired) electrons. The minimum atomic E-state index is 0.646. The van der Waals surface area contributed by atoms with Crippen LogP contribution in [0, 0.1) is 0 Å². The minimum absolute atomic E-state index is 0.646. The molecule has 0 nitrogen and oxygen atoms in total. The van der Waals surface area contributed by atoms with Crippen molar-refractivity contribution in [2.75, 3.05) is 0 Å². The van der Waals surface area contributed by atoms with Crippen LogP contribution >= 0.6 is 0 Å². The third-order valence-corrected chi connectivity index (χ3v) is 4.08. The Balaban J connectivity index is 2.13. The van der Waals surface area contributed by atoms with E-state index >= 15 is 0 Å². The van der Waals surface area contributed by atoms with Crippen LogP contribution in [0.15, 0.2) is 17.7 Å². The van der Waals surface area contributed by atoms with E-state index in [0.29, 0.717) is 5.92 Å². The molecule has 0 aromatic heterocycles. The predicted octanol–water partition coefficient (Wildman–Crippen LogP) is 4.09. The molecule has 1 aromatic rings. The van der Waals surface area contributed by atoms with E-state index in [-0.39, 0.29) is 0 Å². The van der Waals surface area contributed by atoms with Crippen LogP contribution in [0.4, 0.5) is 0 Å². The quantitative estimate of drug-likeness (QED) is 0.589. The third kappa shape index (κ3) is 1.35. The summed E-state index contributed by atoms with van der Waals surface area (Å²) in [5.41, 5.74) is 7.80. The van der Waals surface area contributed by atoms with Crippen molar-refractivity contribution in [3.8, 4) is 0 Å². The molecule has 0 saturated carbocycles. The lowest BCUT2D eigenvalue weighted by molar-refractivity contribution is 0.683. The average Bonchev–Trinajstić information content (AvgIpc) is 2.52. The summed E-state index contributed by atoms with van der Waals surface area (Å²) in [5, 5.41) is 0. The average molecular weight is 198 g/mol. The van der Waals surface area contributed by atoms with Gasteiger partial charge in [-0.25, -0.2) is 0 Å². The summed E-state index contributed by atoms with van der Waals surface area (Å²) in [7, 11) is 0. The summed E-state index contributed by atoms with van der Waals surface area (Å²) in [6.07, 6.45) is 7.73. The molecule has 0 heteroatoms. The molecule has 0 spiro atoms. The summed E-state index contributed by atoms with van der Waals surface area (Å²) < 4.78 is 0. The molecule has 0 N–H and O–H groups in total. The molecule has 0 saturated heterocycles. The molecule has 0 fully saturated rings. The number of hydrogen-bond acceptors (Lipinski definition) is 0. The van der Waals surface area contributed by atoms with Gasteiger partial charge in [0.15, 0.2) is 0 Å². The molecule has 0 amide bonds. The highest BCUT2D eigenvalue weighted by atomic mass is 14.3. The Bertz CT molecular complexity index is 438. The highest BCUT2D eigenvalue weighted by Gasteiger charge is 2.21. The first-order valence-corrected chi connectivity index (χ1v) is 6.09. The first-order valence-electron chi connectivity index (χ1n) is 6.09. The Morgan fingerprint density at radius 1 is 1.07 bits per heavy atom. The van der Waals surface area contributed by atoms with Crippen LogP contribution in [0.3, 0.4) is 0 Å². The Morgan fingerprint density at radius 2 is 1.73 bits per heavy atom. The Morgan fingerprint density at radius 3 is 2.47 bits per heavy atom. The zero-order chi connectivity index (χ0) is 10.4. The van der Waals surface area contributed by atoms with Crippen LogP contribution in [0.2, 0.25) is 0 Å². The maximum absolute atomic E-state index is 2.47. The summed E-state index contributed by atoms with van der Waals surface area (Å²) in [6, 6.07) is 4.92. The molecular formula is C15H18. The van der Waals surface area contributed by atoms with E-state index < -0.39 is 0 Å². The highest BCUT2D eigenvalue weighted by molar-refractivity contribution is 5.67. The Labute approximate surface area is 92.0 Å². The normalized spacial score (nSPS) is 23.3. The lowest BCUT2D eigenvalue weighted by Gasteiger charge is -2.18. The number of fused-ring (bicyclic) bond motifs is 2. The van der Waals surface area contributed by atoms with Crippen LogP contribution in [-0.4, -0.2) is 0 Å². The molecule has 15 heavy (non-hydrogen) atoms. The molecule has 78 valence electrons. The number of hydrogen-bond donors (Lipinski definition) is 0. The van der Waals surface area contributed by atoms with Crippen LogP contribution in [0.5, 0.6) is 0 Å². The van der Waals surface area contributed by atoms with Crippen molar-refractivity contribution in [3.05, 3.63) is 40.0 Å². The van der Waals surface area contributed by atoms with E-state index in [1.165, 1.54) is 36.8 Å². The van der Waals surface area contributed by atoms with Gasteiger partial charge in [-0.15, -0.1) is 0 Å². The van der Waals surface area contributed by atoms with Gasteiger partial charge in [-0.05, 0) is 54.9 Å². The monoisotopic (exact) mass is 198 g/mol. The molecule has 0 heterocycles. The van der Waals surface area contributed by atoms with Crippen LogP contribution in [-0.2, 0) is 12.8 Å². The maximum Gasteiger partial charge on any atom is 0.00264 e. The zero-order valence-electron chi connectivity index (χ0n) is 9.64. The first-order chi connectivity index (χ1) is 7.25. The molecule has 0 aliphatic heterocycles. The highest BCUT2D eigenvalue weighted by Crippen LogP contribution is 2.38. The van der Waals surface area contributed by atoms with Gasteiger partial charge in [0.25, 0.3) is 0 Å². The molecule has 1 unspecified atom stereocenters. The smallest absolute Gasteiger partial charge is 0.00264 e. The molecule has 0 bridgehead atoms. The molecule has 3 rings (SSSR count). The fraction of sp³-hybridized carbons (Fsp3) is 0.467. The van der Waals surface area contributed by atoms with Crippen molar-refractivity contribution in [1.29, 1.82) is 0 Å². The van der Waals surface area contributed by atoms with Gasteiger partial charge in [-0.2, -0.15) is 0 Å². The second-order valence-electron chi connectivity index (χ2n) is 5.07. The largest absolute Gasteiger partial charge is 0.0655 e.